The van der Waals surface area contributed by atoms with Crippen molar-refractivity contribution >= 4 is 23.3 Å². The molecule has 2 aliphatic rings. The smallest absolute Gasteiger partial charge is 0.328 e. The molecule has 3 N–H and O–H groups in total. The number of nitrogens with two attached hydrogens (primary N) is 1. The molecule has 0 aromatic heterocycles. The molecule has 0 unspecified atom stereocenters. The number of nitrogens with one attached hydrogen (secondary N) is 1. The number of benzene rings is 1. The van der Waals surface area contributed by atoms with Gasteiger partial charge in [0.1, 0.15) is 0 Å². The maximum atomic E-state index is 13.0. The molecule has 2 fully saturated rings. The van der Waals surface area contributed by atoms with Gasteiger partial charge in [-0.3, -0.25) is 4.79 Å². The lowest BCUT2D eigenvalue weighted by molar-refractivity contribution is -0.129. The second-order valence-corrected chi connectivity index (χ2v) is 6.09. The molecule has 3 rings (SSSR count). The lowest BCUT2D eigenvalue weighted by atomic mass is 9.77. The minimum atomic E-state index is -0.436. The molecule has 5 heteroatoms. The van der Waals surface area contributed by atoms with Gasteiger partial charge in [-0.1, -0.05) is 31.7 Å². The van der Waals surface area contributed by atoms with Crippen molar-refractivity contribution < 1.29 is 9.59 Å². The largest absolute Gasteiger partial charge is 0.399 e. The van der Waals surface area contributed by atoms with Crippen LogP contribution in [-0.4, -0.2) is 18.5 Å². The van der Waals surface area contributed by atoms with Gasteiger partial charge in [0.25, 0.3) is 0 Å². The van der Waals surface area contributed by atoms with Gasteiger partial charge < -0.3 is 11.1 Å². The Bertz CT molecular complexity index is 562. The fourth-order valence-corrected chi connectivity index (χ4v) is 3.42. The third-order valence-corrected chi connectivity index (χ3v) is 4.63. The van der Waals surface area contributed by atoms with Crippen LogP contribution in [0.3, 0.4) is 0 Å². The number of rotatable bonds is 1. The molecule has 1 aliphatic carbocycles. The van der Waals surface area contributed by atoms with Gasteiger partial charge >= 0.3 is 6.03 Å². The Morgan fingerprint density at radius 2 is 1.81 bits per heavy atom. The molecule has 1 saturated carbocycles. The van der Waals surface area contributed by atoms with E-state index in [4.69, 9.17) is 5.73 Å². The standard InChI is InChI=1S/C16H21N3O2/c17-12-6-5-7-13(10-12)19-14(20)16(11-18-15(19)21)8-3-1-2-4-9-16/h5-7,10H,1-4,8-9,11,17H2,(H,18,21). The predicted octanol–water partition coefficient (Wildman–Crippen LogP) is 2.67. The summed E-state index contributed by atoms with van der Waals surface area (Å²) in [6.07, 6.45) is 6.14. The van der Waals surface area contributed by atoms with Crippen LogP contribution < -0.4 is 16.0 Å². The van der Waals surface area contributed by atoms with Gasteiger partial charge in [0.05, 0.1) is 11.1 Å². The zero-order valence-electron chi connectivity index (χ0n) is 12.1. The number of carbonyl (C=O) groups is 2. The Morgan fingerprint density at radius 1 is 1.10 bits per heavy atom. The molecule has 1 aromatic carbocycles. The van der Waals surface area contributed by atoms with Gasteiger partial charge in [-0.25, -0.2) is 9.69 Å². The van der Waals surface area contributed by atoms with Crippen molar-refractivity contribution in [1.82, 2.24) is 5.32 Å². The molecule has 0 atom stereocenters. The van der Waals surface area contributed by atoms with Crippen LogP contribution in [0, 0.1) is 5.41 Å². The van der Waals surface area contributed by atoms with Crippen LogP contribution in [0.4, 0.5) is 16.2 Å². The van der Waals surface area contributed by atoms with Crippen LogP contribution in [0.15, 0.2) is 24.3 Å². The van der Waals surface area contributed by atoms with E-state index >= 15 is 0 Å². The summed E-state index contributed by atoms with van der Waals surface area (Å²) in [5, 5.41) is 2.89. The maximum Gasteiger partial charge on any atom is 0.328 e. The summed E-state index contributed by atoms with van der Waals surface area (Å²) >= 11 is 0. The topological polar surface area (TPSA) is 75.4 Å². The number of urea groups is 1. The van der Waals surface area contributed by atoms with Gasteiger partial charge in [0.15, 0.2) is 0 Å². The minimum Gasteiger partial charge on any atom is -0.399 e. The number of carbonyl (C=O) groups excluding carboxylic acids is 2. The molecular formula is C16H21N3O2. The van der Waals surface area contributed by atoms with Gasteiger partial charge in [-0.15, -0.1) is 0 Å². The van der Waals surface area contributed by atoms with Crippen LogP contribution in [0.5, 0.6) is 0 Å². The Balaban J connectivity index is 1.95. The number of nitrogens with zero attached hydrogens (tertiary/aromatic N) is 1. The van der Waals surface area contributed by atoms with E-state index in [0.29, 0.717) is 17.9 Å². The Kier molecular flexibility index (Phi) is 3.57. The third-order valence-electron chi connectivity index (χ3n) is 4.63. The average molecular weight is 287 g/mol. The first-order valence-corrected chi connectivity index (χ1v) is 7.60. The van der Waals surface area contributed by atoms with Gasteiger partial charge in [0.2, 0.25) is 5.91 Å². The summed E-state index contributed by atoms with van der Waals surface area (Å²) in [7, 11) is 0. The van der Waals surface area contributed by atoms with Crippen molar-refractivity contribution in [2.45, 2.75) is 38.5 Å². The first-order valence-electron chi connectivity index (χ1n) is 7.60. The van der Waals surface area contributed by atoms with E-state index in [1.165, 1.54) is 17.7 Å². The molecule has 112 valence electrons. The fraction of sp³-hybridized carbons (Fsp3) is 0.500. The average Bonchev–Trinajstić information content (AvgIpc) is 2.70. The molecule has 21 heavy (non-hydrogen) atoms. The van der Waals surface area contributed by atoms with Crippen molar-refractivity contribution in [2.24, 2.45) is 5.41 Å². The van der Waals surface area contributed by atoms with Crippen LogP contribution >= 0.6 is 0 Å². The number of nitrogen functional groups attached to an aromatic ring is 1. The van der Waals surface area contributed by atoms with E-state index in [0.717, 1.165) is 25.7 Å². The number of hydrogen-bond acceptors (Lipinski definition) is 3. The van der Waals surface area contributed by atoms with Crippen LogP contribution in [0.1, 0.15) is 38.5 Å². The second-order valence-electron chi connectivity index (χ2n) is 6.09. The molecular weight excluding hydrogens is 266 g/mol. The van der Waals surface area contributed by atoms with E-state index in [1.54, 1.807) is 24.3 Å². The first-order chi connectivity index (χ1) is 10.1. The molecule has 0 radical (unpaired) electrons. The Labute approximate surface area is 124 Å². The highest BCUT2D eigenvalue weighted by Gasteiger charge is 2.47. The number of amides is 3. The van der Waals surface area contributed by atoms with Crippen molar-refractivity contribution in [3.05, 3.63) is 24.3 Å². The Hall–Kier alpha value is -2.04. The van der Waals surface area contributed by atoms with E-state index in [1.807, 2.05) is 0 Å². The molecule has 1 aromatic rings. The molecule has 1 heterocycles. The van der Waals surface area contributed by atoms with Crippen molar-refractivity contribution in [1.29, 1.82) is 0 Å². The van der Waals surface area contributed by atoms with Crippen molar-refractivity contribution in [3.63, 3.8) is 0 Å². The number of anilines is 2. The summed E-state index contributed by atoms with van der Waals surface area (Å²) in [6, 6.07) is 6.59. The molecule has 5 nitrogen and oxygen atoms in total. The Morgan fingerprint density at radius 3 is 2.48 bits per heavy atom. The zero-order chi connectivity index (χ0) is 14.9. The number of imide groups is 1. The third kappa shape index (κ3) is 2.48. The molecule has 0 bridgehead atoms. The lowest BCUT2D eigenvalue weighted by Gasteiger charge is -2.40. The predicted molar refractivity (Wildman–Crippen MR) is 81.9 cm³/mol. The van der Waals surface area contributed by atoms with Crippen LogP contribution in [0.2, 0.25) is 0 Å². The minimum absolute atomic E-state index is 0.0706. The van der Waals surface area contributed by atoms with Gasteiger partial charge in [0, 0.05) is 12.2 Å². The second kappa shape index (κ2) is 5.39. The highest BCUT2D eigenvalue weighted by atomic mass is 16.2. The highest BCUT2D eigenvalue weighted by molar-refractivity contribution is 6.18. The SMILES string of the molecule is Nc1cccc(N2C(=O)NCC3(CCCCCC3)C2=O)c1. The summed E-state index contributed by atoms with van der Waals surface area (Å²) in [6.45, 7) is 0.462. The highest BCUT2D eigenvalue weighted by Crippen LogP contribution is 2.39. The monoisotopic (exact) mass is 287 g/mol. The summed E-state index contributed by atoms with van der Waals surface area (Å²) < 4.78 is 0. The van der Waals surface area contributed by atoms with Crippen LogP contribution in [-0.2, 0) is 4.79 Å². The molecule has 1 spiro atoms. The zero-order valence-corrected chi connectivity index (χ0v) is 12.1. The number of hydrogen-bond donors (Lipinski definition) is 2. The lowest BCUT2D eigenvalue weighted by Crippen LogP contribution is -2.61. The van der Waals surface area contributed by atoms with Crippen LogP contribution in [0.25, 0.3) is 0 Å². The summed E-state index contributed by atoms with van der Waals surface area (Å²) in [4.78, 5) is 26.5. The summed E-state index contributed by atoms with van der Waals surface area (Å²) in [5.41, 5.74) is 6.45. The normalized spacial score (nSPS) is 22.0. The maximum absolute atomic E-state index is 13.0. The quantitative estimate of drug-likeness (QED) is 0.780. The van der Waals surface area contributed by atoms with Gasteiger partial charge in [-0.05, 0) is 31.0 Å². The van der Waals surface area contributed by atoms with Crippen molar-refractivity contribution in [3.8, 4) is 0 Å². The molecule has 1 saturated heterocycles. The fourth-order valence-electron chi connectivity index (χ4n) is 3.42. The van der Waals surface area contributed by atoms with Crippen molar-refractivity contribution in [2.75, 3.05) is 17.2 Å². The van der Waals surface area contributed by atoms with E-state index in [-0.39, 0.29) is 11.9 Å². The van der Waals surface area contributed by atoms with Gasteiger partial charge in [-0.2, -0.15) is 0 Å². The molecule has 1 aliphatic heterocycles. The van der Waals surface area contributed by atoms with E-state index in [2.05, 4.69) is 5.32 Å². The molecule has 3 amide bonds. The van der Waals surface area contributed by atoms with E-state index < -0.39 is 5.41 Å². The summed E-state index contributed by atoms with van der Waals surface area (Å²) in [5.74, 6) is -0.0706. The first kappa shape index (κ1) is 13.9. The van der Waals surface area contributed by atoms with E-state index in [9.17, 15) is 9.59 Å².